The second-order valence-corrected chi connectivity index (χ2v) is 8.31. The Morgan fingerprint density at radius 1 is 0.789 bits per heavy atom. The molecule has 0 aromatic carbocycles. The van der Waals surface area contributed by atoms with Gasteiger partial charge in [-0.15, -0.1) is 0 Å². The van der Waals surface area contributed by atoms with Gasteiger partial charge < -0.3 is 0 Å². The van der Waals surface area contributed by atoms with E-state index >= 15 is 0 Å². The van der Waals surface area contributed by atoms with Crippen LogP contribution in [0.2, 0.25) is 0 Å². The summed E-state index contributed by atoms with van der Waals surface area (Å²) in [5, 5.41) is 0. The Hall–Kier alpha value is -0.0800. The van der Waals surface area contributed by atoms with Crippen molar-refractivity contribution in [1.82, 2.24) is 9.80 Å². The van der Waals surface area contributed by atoms with Crippen LogP contribution >= 0.6 is 0 Å². The molecule has 5 fully saturated rings. The van der Waals surface area contributed by atoms with E-state index in [1.54, 1.807) is 12.8 Å². The highest BCUT2D eigenvalue weighted by Crippen LogP contribution is 2.59. The lowest BCUT2D eigenvalue weighted by atomic mass is 9.77. The van der Waals surface area contributed by atoms with Crippen LogP contribution in [0, 0.1) is 23.2 Å². The first kappa shape index (κ1) is 11.6. The summed E-state index contributed by atoms with van der Waals surface area (Å²) in [6.45, 7) is 5.76. The Bertz CT molecular complexity index is 341. The van der Waals surface area contributed by atoms with Gasteiger partial charge in [-0.2, -0.15) is 0 Å². The minimum absolute atomic E-state index is 0.740. The number of nitrogens with zero attached hydrogens (tertiary/aromatic N) is 2. The van der Waals surface area contributed by atoms with Crippen molar-refractivity contribution < 1.29 is 0 Å². The molecule has 0 unspecified atom stereocenters. The van der Waals surface area contributed by atoms with Gasteiger partial charge in [-0.3, -0.25) is 9.80 Å². The molecule has 0 radical (unpaired) electrons. The van der Waals surface area contributed by atoms with Gasteiger partial charge >= 0.3 is 0 Å². The van der Waals surface area contributed by atoms with E-state index in [0.29, 0.717) is 0 Å². The molecule has 3 saturated carbocycles. The molecule has 2 bridgehead atoms. The topological polar surface area (TPSA) is 6.48 Å². The first-order chi connectivity index (χ1) is 9.35. The maximum Gasteiger partial charge on any atom is 0.0684 e. The van der Waals surface area contributed by atoms with Gasteiger partial charge in [0.05, 0.1) is 6.17 Å². The summed E-state index contributed by atoms with van der Waals surface area (Å²) >= 11 is 0. The summed E-state index contributed by atoms with van der Waals surface area (Å²) in [5.41, 5.74) is 0.740. The monoisotopic (exact) mass is 260 g/mol. The van der Waals surface area contributed by atoms with E-state index in [0.717, 1.165) is 29.3 Å². The smallest absolute Gasteiger partial charge is 0.0684 e. The molecule has 5 aliphatic rings. The molecule has 5 rings (SSSR count). The fourth-order valence-electron chi connectivity index (χ4n) is 5.67. The molecule has 0 N–H and O–H groups in total. The maximum absolute atomic E-state index is 2.93. The Morgan fingerprint density at radius 3 is 1.79 bits per heavy atom. The van der Waals surface area contributed by atoms with Crippen LogP contribution in [0.4, 0.5) is 0 Å². The third-order valence-electron chi connectivity index (χ3n) is 6.84. The minimum atomic E-state index is 0.740. The van der Waals surface area contributed by atoms with Crippen LogP contribution in [0.5, 0.6) is 0 Å². The zero-order chi connectivity index (χ0) is 12.4. The first-order valence-electron chi connectivity index (χ1n) is 8.83. The van der Waals surface area contributed by atoms with E-state index < -0.39 is 0 Å². The second-order valence-electron chi connectivity index (χ2n) is 8.31. The Labute approximate surface area is 117 Å². The van der Waals surface area contributed by atoms with Gasteiger partial charge in [-0.1, -0.05) is 12.8 Å². The summed E-state index contributed by atoms with van der Waals surface area (Å²) in [6.07, 6.45) is 13.1. The molecule has 2 heteroatoms. The van der Waals surface area contributed by atoms with E-state index in [1.165, 1.54) is 64.7 Å². The molecule has 2 aliphatic heterocycles. The standard InChI is InChI=1S/C17H28N2/c1-2-8-17(7-1)15-11-18(9-13-3-4-13)16(17)19(12-15)10-14-5-6-14/h13-16H,1-12H2. The van der Waals surface area contributed by atoms with Crippen molar-refractivity contribution in [2.75, 3.05) is 26.2 Å². The van der Waals surface area contributed by atoms with Crippen LogP contribution in [-0.4, -0.2) is 42.1 Å². The van der Waals surface area contributed by atoms with E-state index in [4.69, 9.17) is 0 Å². The molecule has 2 nitrogen and oxygen atoms in total. The fraction of sp³-hybridized carbons (Fsp3) is 1.00. The summed E-state index contributed by atoms with van der Waals surface area (Å²) < 4.78 is 0. The van der Waals surface area contributed by atoms with Crippen molar-refractivity contribution in [3.05, 3.63) is 0 Å². The fourth-order valence-corrected chi connectivity index (χ4v) is 5.67. The van der Waals surface area contributed by atoms with Crippen molar-refractivity contribution in [1.29, 1.82) is 0 Å². The largest absolute Gasteiger partial charge is 0.287 e. The molecule has 3 aliphatic carbocycles. The van der Waals surface area contributed by atoms with Crippen LogP contribution in [0.25, 0.3) is 0 Å². The van der Waals surface area contributed by atoms with Crippen molar-refractivity contribution in [3.8, 4) is 0 Å². The van der Waals surface area contributed by atoms with Gasteiger partial charge in [-0.25, -0.2) is 0 Å². The number of hydrogen-bond acceptors (Lipinski definition) is 2. The van der Waals surface area contributed by atoms with Crippen LogP contribution in [-0.2, 0) is 0 Å². The SMILES string of the molecule is C1CCC2(C1)C1CN(CC3CC3)C2N(CC2CC2)C1. The molecule has 106 valence electrons. The molecule has 0 aromatic heterocycles. The van der Waals surface area contributed by atoms with Crippen LogP contribution in [0.15, 0.2) is 0 Å². The Balaban J connectivity index is 1.40. The van der Waals surface area contributed by atoms with Crippen molar-refractivity contribution in [2.45, 2.75) is 57.5 Å². The van der Waals surface area contributed by atoms with Crippen molar-refractivity contribution >= 4 is 0 Å². The average Bonchev–Trinajstić information content (AvgIpc) is 3.30. The van der Waals surface area contributed by atoms with E-state index in [-0.39, 0.29) is 0 Å². The quantitative estimate of drug-likeness (QED) is 0.767. The lowest BCUT2D eigenvalue weighted by molar-refractivity contribution is 0.0280. The molecule has 2 saturated heterocycles. The predicted molar refractivity (Wildman–Crippen MR) is 76.8 cm³/mol. The summed E-state index contributed by atoms with van der Waals surface area (Å²) in [7, 11) is 0. The van der Waals surface area contributed by atoms with Gasteiger partial charge in [0.2, 0.25) is 0 Å². The normalized spacial score (nSPS) is 41.7. The zero-order valence-corrected chi connectivity index (χ0v) is 12.2. The van der Waals surface area contributed by atoms with Gasteiger partial charge in [0.15, 0.2) is 0 Å². The second kappa shape index (κ2) is 3.98. The van der Waals surface area contributed by atoms with Crippen LogP contribution < -0.4 is 0 Å². The van der Waals surface area contributed by atoms with Crippen LogP contribution in [0.3, 0.4) is 0 Å². The molecule has 0 atom stereocenters. The van der Waals surface area contributed by atoms with E-state index in [9.17, 15) is 0 Å². The number of hydrogen-bond donors (Lipinski definition) is 0. The predicted octanol–water partition coefficient (Wildman–Crippen LogP) is 2.94. The summed E-state index contributed by atoms with van der Waals surface area (Å²) in [5.74, 6) is 3.17. The van der Waals surface area contributed by atoms with Gasteiger partial charge in [0, 0.05) is 31.6 Å². The first-order valence-corrected chi connectivity index (χ1v) is 8.83. The van der Waals surface area contributed by atoms with E-state index in [2.05, 4.69) is 9.80 Å². The minimum Gasteiger partial charge on any atom is -0.287 e. The molecular weight excluding hydrogens is 232 g/mol. The molecule has 2 heterocycles. The highest BCUT2D eigenvalue weighted by molar-refractivity contribution is 5.12. The van der Waals surface area contributed by atoms with Crippen molar-refractivity contribution in [2.24, 2.45) is 23.2 Å². The Morgan fingerprint density at radius 2 is 1.32 bits per heavy atom. The van der Waals surface area contributed by atoms with Gasteiger partial charge in [-0.05, 0) is 56.3 Å². The summed E-state index contributed by atoms with van der Waals surface area (Å²) in [6, 6.07) is 0. The van der Waals surface area contributed by atoms with Crippen LogP contribution in [0.1, 0.15) is 51.4 Å². The summed E-state index contributed by atoms with van der Waals surface area (Å²) in [4.78, 5) is 5.86. The third-order valence-corrected chi connectivity index (χ3v) is 6.84. The number of likely N-dealkylation sites (tertiary alicyclic amines) is 2. The maximum atomic E-state index is 2.93. The molecule has 0 amide bonds. The van der Waals surface area contributed by atoms with E-state index in [1.807, 2.05) is 0 Å². The van der Waals surface area contributed by atoms with Crippen molar-refractivity contribution in [3.63, 3.8) is 0 Å². The highest BCUT2D eigenvalue weighted by Gasteiger charge is 2.62. The molecule has 19 heavy (non-hydrogen) atoms. The highest BCUT2D eigenvalue weighted by atomic mass is 15.4. The van der Waals surface area contributed by atoms with Gasteiger partial charge in [0.25, 0.3) is 0 Å². The average molecular weight is 260 g/mol. The molecular formula is C17H28N2. The van der Waals surface area contributed by atoms with Gasteiger partial charge in [0.1, 0.15) is 0 Å². The lowest BCUT2D eigenvalue weighted by Gasteiger charge is -2.39. The lowest BCUT2D eigenvalue weighted by Crippen LogP contribution is -2.50. The third kappa shape index (κ3) is 1.75. The number of rotatable bonds is 4. The molecule has 1 spiro atoms. The Kier molecular flexibility index (Phi) is 2.42. The molecule has 0 aromatic rings. The zero-order valence-electron chi connectivity index (χ0n) is 12.2.